The molecule has 0 amide bonds. The van der Waals surface area contributed by atoms with Crippen LogP contribution in [0.2, 0.25) is 0 Å². The Kier molecular flexibility index (Phi) is 15.4. The highest BCUT2D eigenvalue weighted by atomic mass is 32.1. The highest BCUT2D eigenvalue weighted by Gasteiger charge is 2.44. The molecule has 8 heterocycles. The lowest BCUT2D eigenvalue weighted by Gasteiger charge is -2.22. The number of hydrogen-bond donors (Lipinski definition) is 0. The van der Waals surface area contributed by atoms with Gasteiger partial charge in [0.25, 0.3) is 0 Å². The predicted molar refractivity (Wildman–Crippen MR) is 466 cm³/mol. The van der Waals surface area contributed by atoms with E-state index in [-0.39, 0.29) is 24.0 Å². The van der Waals surface area contributed by atoms with E-state index in [1.165, 1.54) is 78.8 Å². The highest BCUT2D eigenvalue weighted by molar-refractivity contribution is 7.26. The van der Waals surface area contributed by atoms with Gasteiger partial charge in [0.15, 0.2) is 34.9 Å². The lowest BCUT2D eigenvalue weighted by molar-refractivity contribution is 0.224. The summed E-state index contributed by atoms with van der Waals surface area (Å²) in [4.78, 5) is 31.5. The van der Waals surface area contributed by atoms with Gasteiger partial charge in [-0.2, -0.15) is 0 Å². The van der Waals surface area contributed by atoms with Crippen molar-refractivity contribution in [3.8, 4) is 113 Å². The summed E-state index contributed by atoms with van der Waals surface area (Å²) >= 11 is 3.62. The van der Waals surface area contributed by atoms with Gasteiger partial charge in [-0.15, -0.1) is 22.7 Å². The van der Waals surface area contributed by atoms with E-state index in [4.69, 9.17) is 39.4 Å². The van der Waals surface area contributed by atoms with Crippen LogP contribution < -0.4 is 9.47 Å². The Morgan fingerprint density at radius 1 is 0.246 bits per heavy atom. The monoisotopic (exact) mass is 1500 g/mol. The Morgan fingerprint density at radius 3 is 1.07 bits per heavy atom. The first-order chi connectivity index (χ1) is 56.5. The molecule has 0 bridgehead atoms. The van der Waals surface area contributed by atoms with Crippen molar-refractivity contribution in [3.05, 3.63) is 386 Å². The van der Waals surface area contributed by atoms with Crippen LogP contribution in [0.15, 0.2) is 352 Å². The molecule has 0 saturated heterocycles. The number of nitrogens with zero attached hydrogens (tertiary/aromatic N) is 8. The van der Waals surface area contributed by atoms with Crippen LogP contribution in [0.1, 0.15) is 57.7 Å². The summed E-state index contributed by atoms with van der Waals surface area (Å²) in [7, 11) is 0. The molecule has 4 unspecified atom stereocenters. The molecule has 20 aromatic rings. The maximum atomic E-state index is 7.00. The molecule has 12 heteroatoms. The van der Waals surface area contributed by atoms with Crippen LogP contribution in [-0.2, 0) is 0 Å². The number of hydrogen-bond acceptors (Lipinski definition) is 10. The molecule has 4 aliphatic rings. The third kappa shape index (κ3) is 10.9. The molecule has 2 aliphatic carbocycles. The zero-order valence-corrected chi connectivity index (χ0v) is 62.8. The van der Waals surface area contributed by atoms with Crippen LogP contribution in [0.3, 0.4) is 0 Å². The Balaban J connectivity index is 0.000000135. The van der Waals surface area contributed by atoms with Crippen LogP contribution >= 0.6 is 22.7 Å². The first kappa shape index (κ1) is 65.6. The van der Waals surface area contributed by atoms with Gasteiger partial charge in [-0.25, -0.2) is 29.9 Å². The SMILES string of the molecule is C1=CC2c3c(cccc3-c3nc(-c4ccc(-c5ccccc5)cc4)nc(-c4ccc5sc6ccccc6c5c4)n3)OC2c2c1n(-c1ccccc1)c1ccccc21.C1=CC2c3c(cccc3-c3nc(-c4cccc(-c5ccccc5)c4)nc(-c4ccc5sc6ccccc6c5c4)n3)OC2c2c1n(-c1ccccc1)c1ccccc21. The van der Waals surface area contributed by atoms with Gasteiger partial charge in [-0.05, 0) is 138 Å². The molecule has 0 fully saturated rings. The van der Waals surface area contributed by atoms with Crippen molar-refractivity contribution in [1.82, 2.24) is 39.0 Å². The van der Waals surface area contributed by atoms with Crippen molar-refractivity contribution in [3.63, 3.8) is 0 Å². The molecule has 0 radical (unpaired) electrons. The molecule has 14 aromatic carbocycles. The molecule has 6 aromatic heterocycles. The normalized spacial score (nSPS) is 15.4. The van der Waals surface area contributed by atoms with Crippen LogP contribution in [0.4, 0.5) is 0 Å². The first-order valence-corrected chi connectivity index (χ1v) is 40.1. The van der Waals surface area contributed by atoms with E-state index in [1.54, 1.807) is 0 Å². The van der Waals surface area contributed by atoms with Crippen LogP contribution in [0.5, 0.6) is 11.5 Å². The average molecular weight is 1500 g/mol. The number of benzene rings is 14. The van der Waals surface area contributed by atoms with Crippen LogP contribution in [-0.4, -0.2) is 39.0 Å². The van der Waals surface area contributed by atoms with Crippen LogP contribution in [0.25, 0.3) is 176 Å². The van der Waals surface area contributed by atoms with E-state index in [9.17, 15) is 0 Å². The van der Waals surface area contributed by atoms with E-state index in [0.29, 0.717) is 34.9 Å². The molecule has 114 heavy (non-hydrogen) atoms. The molecule has 24 rings (SSSR count). The third-order valence-electron chi connectivity index (χ3n) is 22.9. The molecule has 4 atom stereocenters. The molecule has 0 N–H and O–H groups in total. The Labute approximate surface area is 663 Å². The van der Waals surface area contributed by atoms with E-state index in [2.05, 4.69) is 361 Å². The largest absolute Gasteiger partial charge is 0.484 e. The number of rotatable bonds is 10. The van der Waals surface area contributed by atoms with Gasteiger partial charge in [0.2, 0.25) is 0 Å². The number of para-hydroxylation sites is 4. The van der Waals surface area contributed by atoms with Crippen molar-refractivity contribution >= 4 is 97.0 Å². The fourth-order valence-electron chi connectivity index (χ4n) is 17.7. The van der Waals surface area contributed by atoms with E-state index in [0.717, 1.165) is 95.5 Å². The lowest BCUT2D eigenvalue weighted by atomic mass is 9.83. The van der Waals surface area contributed by atoms with E-state index < -0.39 is 0 Å². The van der Waals surface area contributed by atoms with Gasteiger partial charge in [0.05, 0.1) is 22.4 Å². The van der Waals surface area contributed by atoms with Crippen molar-refractivity contribution < 1.29 is 9.47 Å². The second kappa shape index (κ2) is 26.7. The summed E-state index contributed by atoms with van der Waals surface area (Å²) in [5.74, 6) is 5.45. The van der Waals surface area contributed by atoms with Crippen molar-refractivity contribution in [1.29, 1.82) is 0 Å². The van der Waals surface area contributed by atoms with Crippen LogP contribution in [0, 0.1) is 0 Å². The minimum Gasteiger partial charge on any atom is -0.484 e. The topological polar surface area (TPSA) is 106 Å². The average Bonchev–Trinajstić information content (AvgIpc) is 1.56. The summed E-state index contributed by atoms with van der Waals surface area (Å²) in [6, 6.07) is 119. The quantitative estimate of drug-likeness (QED) is 0.133. The van der Waals surface area contributed by atoms with E-state index >= 15 is 0 Å². The molecular formula is C102H64N8O2S2. The minimum atomic E-state index is -0.200. The van der Waals surface area contributed by atoms with Crippen molar-refractivity contribution in [2.75, 3.05) is 0 Å². The van der Waals surface area contributed by atoms with Gasteiger partial charge in [-0.3, -0.25) is 0 Å². The smallest absolute Gasteiger partial charge is 0.164 e. The van der Waals surface area contributed by atoms with Gasteiger partial charge in [0.1, 0.15) is 23.7 Å². The second-order valence-corrected chi connectivity index (χ2v) is 31.5. The molecular weight excluding hydrogens is 1430 g/mol. The highest BCUT2D eigenvalue weighted by Crippen LogP contribution is 2.58. The summed E-state index contributed by atoms with van der Waals surface area (Å²) < 4.78 is 23.7. The molecule has 2 aliphatic heterocycles. The standard InChI is InChI=1S/2C51H32N4OS/c1-3-13-31(14-4-1)32-15-11-16-33(29-32)49-52-50(34-25-28-45-40(30-34)36-19-8-10-24-44(36)57-45)54-51(53-49)39-21-12-23-43-46(39)38-26-27-42-47(48(38)56-43)37-20-7-9-22-41(37)55(42)35-17-5-2-6-18-35;1-3-12-31(13-4-1)32-22-24-33(25-23-32)49-52-50(34-26-29-45-40(30-34)36-16-8-10-21-44(36)57-45)54-51(53-49)39-18-11-20-43-46(39)38-27-28-42-47(48(38)56-43)37-17-7-9-19-41(37)55(42)35-14-5-2-6-15-35/h2*1-30,38,48H. The Bertz CT molecular complexity index is 7330. The predicted octanol–water partition coefficient (Wildman–Crippen LogP) is 26.2. The maximum Gasteiger partial charge on any atom is 0.164 e. The number of thiophene rings is 2. The van der Waals surface area contributed by atoms with E-state index in [1.807, 2.05) is 34.8 Å². The fourth-order valence-corrected chi connectivity index (χ4v) is 19.9. The summed E-state index contributed by atoms with van der Waals surface area (Å²) in [5.41, 5.74) is 21.7. The molecule has 10 nitrogen and oxygen atoms in total. The van der Waals surface area contributed by atoms with Gasteiger partial charge >= 0.3 is 0 Å². The molecule has 0 spiro atoms. The van der Waals surface area contributed by atoms with Crippen molar-refractivity contribution in [2.45, 2.75) is 24.0 Å². The Hall–Kier alpha value is -14.3. The van der Waals surface area contributed by atoms with Gasteiger partial charge in [-0.1, -0.05) is 249 Å². The van der Waals surface area contributed by atoms with Gasteiger partial charge in [0, 0.05) is 130 Å². The van der Waals surface area contributed by atoms with Gasteiger partial charge < -0.3 is 18.6 Å². The zero-order chi connectivity index (χ0) is 74.9. The summed E-state index contributed by atoms with van der Waals surface area (Å²) in [6.45, 7) is 0. The zero-order valence-electron chi connectivity index (χ0n) is 61.2. The number of fused-ring (bicyclic) bond motifs is 20. The molecule has 0 saturated carbocycles. The minimum absolute atomic E-state index is 0.0268. The third-order valence-corrected chi connectivity index (χ3v) is 25.2. The first-order valence-electron chi connectivity index (χ1n) is 38.5. The fraction of sp³-hybridized carbons (Fsp3) is 0.0392. The van der Waals surface area contributed by atoms with Crippen molar-refractivity contribution in [2.24, 2.45) is 0 Å². The number of ether oxygens (including phenoxy) is 2. The number of aromatic nitrogens is 8. The maximum absolute atomic E-state index is 7.00. The summed E-state index contributed by atoms with van der Waals surface area (Å²) in [5, 5.41) is 7.29. The lowest BCUT2D eigenvalue weighted by Crippen LogP contribution is -2.14. The second-order valence-electron chi connectivity index (χ2n) is 29.4. The summed E-state index contributed by atoms with van der Waals surface area (Å²) in [6.07, 6.45) is 8.77. The Morgan fingerprint density at radius 2 is 0.588 bits per heavy atom. The molecule has 536 valence electrons.